The molecule has 0 radical (unpaired) electrons. The lowest BCUT2D eigenvalue weighted by molar-refractivity contribution is 1.20. The van der Waals surface area contributed by atoms with E-state index in [4.69, 9.17) is 5.73 Å². The minimum atomic E-state index is 0.872. The second-order valence-electron chi connectivity index (χ2n) is 3.00. The number of hydrogen-bond donors (Lipinski definition) is 2. The van der Waals surface area contributed by atoms with Gasteiger partial charge in [0.1, 0.15) is 0 Å². The summed E-state index contributed by atoms with van der Waals surface area (Å²) in [4.78, 5) is 0. The van der Waals surface area contributed by atoms with Crippen LogP contribution in [0.4, 0.5) is 11.4 Å². The van der Waals surface area contributed by atoms with Crippen LogP contribution in [0.1, 0.15) is 18.1 Å². The molecular weight excluding hydrogens is 148 g/mol. The minimum Gasteiger partial charge on any atom is -0.397 e. The Hall–Kier alpha value is -1.18. The number of rotatable bonds is 2. The van der Waals surface area contributed by atoms with E-state index >= 15 is 0 Å². The molecule has 12 heavy (non-hydrogen) atoms. The molecule has 0 bridgehead atoms. The molecule has 1 aromatic carbocycles. The second kappa shape index (κ2) is 3.48. The highest BCUT2D eigenvalue weighted by atomic mass is 14.9. The molecule has 0 aromatic heterocycles. The summed E-state index contributed by atoms with van der Waals surface area (Å²) < 4.78 is 0. The molecule has 0 fully saturated rings. The molecule has 0 spiro atoms. The van der Waals surface area contributed by atoms with Crippen molar-refractivity contribution in [3.63, 3.8) is 0 Å². The number of aryl methyl sites for hydroxylation is 1. The maximum absolute atomic E-state index is 5.91. The van der Waals surface area contributed by atoms with Gasteiger partial charge in [-0.2, -0.15) is 0 Å². The van der Waals surface area contributed by atoms with Crippen molar-refractivity contribution in [1.82, 2.24) is 0 Å². The molecule has 2 heteroatoms. The zero-order valence-corrected chi connectivity index (χ0v) is 7.94. The maximum Gasteiger partial charge on any atom is 0.0582 e. The first kappa shape index (κ1) is 8.91. The Morgan fingerprint density at radius 2 is 2.00 bits per heavy atom. The predicted octanol–water partition coefficient (Wildman–Crippen LogP) is 2.32. The molecule has 0 atom stereocenters. The standard InChI is InChI=1S/C10H16N2/c1-4-12-9-6-5-7(2)8(3)10(9)11/h5-6,12H,4,11H2,1-3H3. The van der Waals surface area contributed by atoms with Gasteiger partial charge in [-0.25, -0.2) is 0 Å². The average molecular weight is 164 g/mol. The van der Waals surface area contributed by atoms with Crippen LogP contribution < -0.4 is 11.1 Å². The van der Waals surface area contributed by atoms with Crippen LogP contribution in [0.2, 0.25) is 0 Å². The van der Waals surface area contributed by atoms with Gasteiger partial charge < -0.3 is 11.1 Å². The van der Waals surface area contributed by atoms with Gasteiger partial charge in [0.25, 0.3) is 0 Å². The first-order valence-electron chi connectivity index (χ1n) is 4.26. The van der Waals surface area contributed by atoms with Gasteiger partial charge in [-0.05, 0) is 38.0 Å². The van der Waals surface area contributed by atoms with Crippen molar-refractivity contribution in [3.05, 3.63) is 23.3 Å². The number of nitrogens with two attached hydrogens (primary N) is 1. The van der Waals surface area contributed by atoms with Crippen LogP contribution in [-0.4, -0.2) is 6.54 Å². The van der Waals surface area contributed by atoms with Crippen LogP contribution in [0, 0.1) is 13.8 Å². The van der Waals surface area contributed by atoms with E-state index in [1.807, 2.05) is 13.0 Å². The van der Waals surface area contributed by atoms with Crippen molar-refractivity contribution < 1.29 is 0 Å². The van der Waals surface area contributed by atoms with Crippen molar-refractivity contribution in [2.24, 2.45) is 0 Å². The number of anilines is 2. The lowest BCUT2D eigenvalue weighted by Crippen LogP contribution is -2.03. The summed E-state index contributed by atoms with van der Waals surface area (Å²) in [6, 6.07) is 4.12. The molecule has 0 aliphatic heterocycles. The Morgan fingerprint density at radius 3 is 2.58 bits per heavy atom. The fraction of sp³-hybridized carbons (Fsp3) is 0.400. The molecule has 0 aliphatic rings. The summed E-state index contributed by atoms with van der Waals surface area (Å²) in [7, 11) is 0. The van der Waals surface area contributed by atoms with Crippen molar-refractivity contribution in [2.75, 3.05) is 17.6 Å². The largest absolute Gasteiger partial charge is 0.397 e. The van der Waals surface area contributed by atoms with E-state index in [0.717, 1.165) is 17.9 Å². The molecular formula is C10H16N2. The second-order valence-corrected chi connectivity index (χ2v) is 3.00. The SMILES string of the molecule is CCNc1ccc(C)c(C)c1N. The van der Waals surface area contributed by atoms with Crippen LogP contribution in [0.25, 0.3) is 0 Å². The zero-order chi connectivity index (χ0) is 9.14. The third kappa shape index (κ3) is 1.52. The summed E-state index contributed by atoms with van der Waals surface area (Å²) in [5.41, 5.74) is 10.2. The minimum absolute atomic E-state index is 0.872. The average Bonchev–Trinajstić information content (AvgIpc) is 2.07. The lowest BCUT2D eigenvalue weighted by atomic mass is 10.1. The van der Waals surface area contributed by atoms with Gasteiger partial charge in [0.2, 0.25) is 0 Å². The Kier molecular flexibility index (Phi) is 2.58. The Morgan fingerprint density at radius 1 is 1.33 bits per heavy atom. The van der Waals surface area contributed by atoms with Crippen LogP contribution in [0.15, 0.2) is 12.1 Å². The van der Waals surface area contributed by atoms with Crippen LogP contribution in [0.3, 0.4) is 0 Å². The topological polar surface area (TPSA) is 38.0 Å². The summed E-state index contributed by atoms with van der Waals surface area (Å²) in [5, 5.41) is 3.22. The zero-order valence-electron chi connectivity index (χ0n) is 7.94. The van der Waals surface area contributed by atoms with Crippen LogP contribution in [0.5, 0.6) is 0 Å². The van der Waals surface area contributed by atoms with E-state index in [9.17, 15) is 0 Å². The molecule has 0 amide bonds. The number of hydrogen-bond acceptors (Lipinski definition) is 2. The Labute approximate surface area is 73.8 Å². The lowest BCUT2D eigenvalue weighted by Gasteiger charge is -2.11. The van der Waals surface area contributed by atoms with Gasteiger partial charge in [-0.1, -0.05) is 6.07 Å². The van der Waals surface area contributed by atoms with Gasteiger partial charge >= 0.3 is 0 Å². The molecule has 0 unspecified atom stereocenters. The number of nitrogen functional groups attached to an aromatic ring is 1. The predicted molar refractivity (Wildman–Crippen MR) is 54.5 cm³/mol. The summed E-state index contributed by atoms with van der Waals surface area (Å²) in [6.45, 7) is 7.09. The molecule has 0 saturated heterocycles. The van der Waals surface area contributed by atoms with E-state index < -0.39 is 0 Å². The molecule has 0 aliphatic carbocycles. The monoisotopic (exact) mass is 164 g/mol. The smallest absolute Gasteiger partial charge is 0.0582 e. The molecule has 2 nitrogen and oxygen atoms in total. The van der Waals surface area contributed by atoms with E-state index in [2.05, 4.69) is 25.2 Å². The molecule has 0 saturated carbocycles. The quantitative estimate of drug-likeness (QED) is 0.658. The van der Waals surface area contributed by atoms with Crippen molar-refractivity contribution in [3.8, 4) is 0 Å². The Balaban J connectivity index is 3.08. The van der Waals surface area contributed by atoms with Gasteiger partial charge in [-0.3, -0.25) is 0 Å². The fourth-order valence-corrected chi connectivity index (χ4v) is 1.18. The Bertz CT molecular complexity index is 279. The van der Waals surface area contributed by atoms with E-state index in [1.54, 1.807) is 0 Å². The molecule has 1 aromatic rings. The van der Waals surface area contributed by atoms with E-state index in [-0.39, 0.29) is 0 Å². The first-order valence-corrected chi connectivity index (χ1v) is 4.26. The molecule has 3 N–H and O–H groups in total. The number of nitrogens with one attached hydrogen (secondary N) is 1. The van der Waals surface area contributed by atoms with Crippen LogP contribution >= 0.6 is 0 Å². The highest BCUT2D eigenvalue weighted by molar-refractivity contribution is 5.71. The fourth-order valence-electron chi connectivity index (χ4n) is 1.18. The van der Waals surface area contributed by atoms with Gasteiger partial charge in [0.05, 0.1) is 11.4 Å². The van der Waals surface area contributed by atoms with Crippen molar-refractivity contribution >= 4 is 11.4 Å². The van der Waals surface area contributed by atoms with Gasteiger partial charge in [0, 0.05) is 6.54 Å². The van der Waals surface area contributed by atoms with Gasteiger partial charge in [-0.15, -0.1) is 0 Å². The molecule has 1 rings (SSSR count). The summed E-state index contributed by atoms with van der Waals surface area (Å²) >= 11 is 0. The highest BCUT2D eigenvalue weighted by Crippen LogP contribution is 2.24. The van der Waals surface area contributed by atoms with E-state index in [1.165, 1.54) is 11.1 Å². The molecule has 0 heterocycles. The third-order valence-corrected chi connectivity index (χ3v) is 2.15. The maximum atomic E-state index is 5.91. The number of benzene rings is 1. The summed E-state index contributed by atoms with van der Waals surface area (Å²) in [5.74, 6) is 0. The van der Waals surface area contributed by atoms with Crippen molar-refractivity contribution in [2.45, 2.75) is 20.8 Å². The van der Waals surface area contributed by atoms with Gasteiger partial charge in [0.15, 0.2) is 0 Å². The highest BCUT2D eigenvalue weighted by Gasteiger charge is 2.02. The molecule has 66 valence electrons. The van der Waals surface area contributed by atoms with Crippen molar-refractivity contribution in [1.29, 1.82) is 0 Å². The summed E-state index contributed by atoms with van der Waals surface area (Å²) in [6.07, 6.45) is 0. The van der Waals surface area contributed by atoms with E-state index in [0.29, 0.717) is 0 Å². The van der Waals surface area contributed by atoms with Crippen LogP contribution in [-0.2, 0) is 0 Å². The normalized spacial score (nSPS) is 9.92. The third-order valence-electron chi connectivity index (χ3n) is 2.15. The first-order chi connectivity index (χ1) is 5.66.